The fourth-order valence-electron chi connectivity index (χ4n) is 11.2. The second-order valence-electron chi connectivity index (χ2n) is 28.5. The van der Waals surface area contributed by atoms with Crippen molar-refractivity contribution in [3.8, 4) is 11.1 Å². The van der Waals surface area contributed by atoms with E-state index in [1.165, 1.54) is 78.7 Å². The predicted molar refractivity (Wildman–Crippen MR) is 339 cm³/mol. The molecule has 0 amide bonds. The molecular weight excluding hydrogens is 927 g/mol. The molecule has 1 aromatic heterocycles. The first-order valence-electron chi connectivity index (χ1n) is 28.5. The summed E-state index contributed by atoms with van der Waals surface area (Å²) in [4.78, 5) is 4.65. The molecule has 0 radical (unpaired) electrons. The zero-order valence-corrected chi connectivity index (χ0v) is 50.8. The van der Waals surface area contributed by atoms with Gasteiger partial charge in [0.1, 0.15) is 0 Å². The summed E-state index contributed by atoms with van der Waals surface area (Å²) < 4.78 is 0. The number of rotatable bonds is 0. The highest BCUT2D eigenvalue weighted by atomic mass is 14.7. The summed E-state index contributed by atoms with van der Waals surface area (Å²) in [7, 11) is 0. The van der Waals surface area contributed by atoms with E-state index in [-0.39, 0.29) is 27.1 Å². The minimum atomic E-state index is 0.129. The van der Waals surface area contributed by atoms with E-state index in [1.807, 2.05) is 12.1 Å². The van der Waals surface area contributed by atoms with Gasteiger partial charge < -0.3 is 0 Å². The SMILES string of the molecule is CC(C)(C)C1c2ccccc2-c2ccccc21.CC(C)(C)c1ccc2c(c1)C(C)(C)CCC2(C)C.CC(C)(C)c1ccc2ccccc2c1.CC(C)(C)c1ccc2ccccc2n1.CC(C)(C)c1cccc2ccccc12. The average Bonchev–Trinajstić information content (AvgIpc) is 3.78. The molecule has 1 heterocycles. The Labute approximate surface area is 467 Å². The summed E-state index contributed by atoms with van der Waals surface area (Å²) in [5.74, 6) is 0.523. The Morgan fingerprint density at radius 2 is 0.818 bits per heavy atom. The van der Waals surface area contributed by atoms with Gasteiger partial charge >= 0.3 is 0 Å². The zero-order valence-electron chi connectivity index (χ0n) is 50.8. The number of benzene rings is 8. The van der Waals surface area contributed by atoms with E-state index in [2.05, 4.69) is 312 Å². The molecular formula is C76H93N. The van der Waals surface area contributed by atoms with Crippen molar-refractivity contribution in [3.05, 3.63) is 233 Å². The maximum Gasteiger partial charge on any atom is 0.0705 e. The number of pyridine rings is 1. The van der Waals surface area contributed by atoms with Crippen LogP contribution in [0.15, 0.2) is 188 Å². The van der Waals surface area contributed by atoms with E-state index in [0.717, 1.165) is 11.2 Å². The van der Waals surface area contributed by atoms with Crippen LogP contribution in [-0.4, -0.2) is 4.98 Å². The molecule has 0 saturated heterocycles. The van der Waals surface area contributed by atoms with Crippen molar-refractivity contribution < 1.29 is 0 Å². The number of aromatic nitrogens is 1. The van der Waals surface area contributed by atoms with Crippen LogP contribution in [0.25, 0.3) is 43.6 Å². The lowest BCUT2D eigenvalue weighted by Crippen LogP contribution is -2.34. The molecule has 2 aliphatic rings. The van der Waals surface area contributed by atoms with Gasteiger partial charge in [0, 0.05) is 22.4 Å². The third-order valence-corrected chi connectivity index (χ3v) is 16.0. The third kappa shape index (κ3) is 14.1. The van der Waals surface area contributed by atoms with Crippen molar-refractivity contribution in [1.29, 1.82) is 0 Å². The topological polar surface area (TPSA) is 12.9 Å². The molecule has 0 unspecified atom stereocenters. The van der Waals surface area contributed by atoms with Crippen LogP contribution in [0.3, 0.4) is 0 Å². The number of hydrogen-bond acceptors (Lipinski definition) is 1. The van der Waals surface area contributed by atoms with Gasteiger partial charge in [0.05, 0.1) is 5.52 Å². The minimum absolute atomic E-state index is 0.129. The van der Waals surface area contributed by atoms with Gasteiger partial charge in [-0.2, -0.15) is 0 Å². The Hall–Kier alpha value is -6.31. The summed E-state index contributed by atoms with van der Waals surface area (Å²) in [6.45, 7) is 43.5. The smallest absolute Gasteiger partial charge is 0.0705 e. The first-order valence-corrected chi connectivity index (χ1v) is 28.5. The molecule has 0 atom stereocenters. The fraction of sp³-hybridized carbons (Fsp3) is 0.382. The Morgan fingerprint density at radius 3 is 1.38 bits per heavy atom. The van der Waals surface area contributed by atoms with Crippen molar-refractivity contribution in [2.24, 2.45) is 5.41 Å². The number of para-hydroxylation sites is 1. The van der Waals surface area contributed by atoms with E-state index < -0.39 is 0 Å². The molecule has 0 aliphatic heterocycles. The van der Waals surface area contributed by atoms with Gasteiger partial charge in [-0.1, -0.05) is 307 Å². The quantitative estimate of drug-likeness (QED) is 0.148. The molecule has 402 valence electrons. The van der Waals surface area contributed by atoms with Crippen LogP contribution in [0.2, 0.25) is 0 Å². The van der Waals surface area contributed by atoms with Gasteiger partial charge in [-0.15, -0.1) is 0 Å². The molecule has 0 saturated carbocycles. The lowest BCUT2D eigenvalue weighted by atomic mass is 9.62. The van der Waals surface area contributed by atoms with Crippen molar-refractivity contribution >= 4 is 32.4 Å². The highest BCUT2D eigenvalue weighted by molar-refractivity contribution is 5.87. The second-order valence-corrected chi connectivity index (χ2v) is 28.5. The average molecular weight is 1020 g/mol. The van der Waals surface area contributed by atoms with E-state index in [1.54, 1.807) is 11.1 Å². The van der Waals surface area contributed by atoms with Crippen molar-refractivity contribution in [2.75, 3.05) is 0 Å². The van der Waals surface area contributed by atoms with Gasteiger partial charge in [-0.25, -0.2) is 0 Å². The van der Waals surface area contributed by atoms with Gasteiger partial charge in [-0.05, 0) is 129 Å². The van der Waals surface area contributed by atoms with Crippen molar-refractivity contribution in [1.82, 2.24) is 4.98 Å². The van der Waals surface area contributed by atoms with Crippen LogP contribution in [0.5, 0.6) is 0 Å². The van der Waals surface area contributed by atoms with E-state index >= 15 is 0 Å². The second kappa shape index (κ2) is 22.6. The number of nitrogens with zero attached hydrogens (tertiary/aromatic N) is 1. The molecule has 2 aliphatic carbocycles. The van der Waals surface area contributed by atoms with Crippen LogP contribution >= 0.6 is 0 Å². The summed E-state index contributed by atoms with van der Waals surface area (Å²) in [6, 6.07) is 67.7. The molecule has 0 fully saturated rings. The number of hydrogen-bond donors (Lipinski definition) is 0. The summed E-state index contributed by atoms with van der Waals surface area (Å²) in [6.07, 6.45) is 2.59. The van der Waals surface area contributed by atoms with Gasteiger partial charge in [-0.3, -0.25) is 4.98 Å². The molecule has 8 aromatic carbocycles. The van der Waals surface area contributed by atoms with E-state index in [4.69, 9.17) is 0 Å². The summed E-state index contributed by atoms with van der Waals surface area (Å²) in [5.41, 5.74) is 17.2. The molecule has 77 heavy (non-hydrogen) atoms. The first-order chi connectivity index (χ1) is 35.9. The fourth-order valence-corrected chi connectivity index (χ4v) is 11.2. The maximum atomic E-state index is 4.65. The lowest BCUT2D eigenvalue weighted by Gasteiger charge is -2.42. The standard InChI is InChI=1S/C18H28.C17H18.2C14H16.C13H15N/c1-16(2,3)13-8-9-14-15(12-13)18(6,7)11-10-17(14,4)5;1-17(2,3)16-14-10-6-4-8-12(14)13-9-5-7-11-15(13)16;1-14(2,3)13-10-6-8-11-7-4-5-9-12(11)13;1-14(2,3)13-9-8-11-6-4-5-7-12(11)10-13;1-13(2,3)12-9-8-10-6-4-5-7-11(10)14-12/h8-9,12H,10-11H2,1-7H3;4-11,16H,1-3H3;2*4-10H,1-3H3;4-9H,1-3H3. The monoisotopic (exact) mass is 1020 g/mol. The molecule has 0 bridgehead atoms. The van der Waals surface area contributed by atoms with Crippen LogP contribution in [0, 0.1) is 5.41 Å². The van der Waals surface area contributed by atoms with Crippen LogP contribution in [0.1, 0.15) is 195 Å². The maximum absolute atomic E-state index is 4.65. The minimum Gasteiger partial charge on any atom is -0.252 e. The predicted octanol–water partition coefficient (Wildman–Crippen LogP) is 22.0. The van der Waals surface area contributed by atoms with E-state index in [0.29, 0.717) is 16.7 Å². The van der Waals surface area contributed by atoms with Gasteiger partial charge in [0.15, 0.2) is 0 Å². The Bertz CT molecular complexity index is 3280. The van der Waals surface area contributed by atoms with Gasteiger partial charge in [0.2, 0.25) is 0 Å². The summed E-state index contributed by atoms with van der Waals surface area (Å²) in [5, 5.41) is 6.57. The lowest BCUT2D eigenvalue weighted by molar-refractivity contribution is 0.331. The summed E-state index contributed by atoms with van der Waals surface area (Å²) >= 11 is 0. The molecule has 11 rings (SSSR count). The molecule has 1 nitrogen and oxygen atoms in total. The zero-order chi connectivity index (χ0) is 56.4. The highest BCUT2D eigenvalue weighted by Crippen LogP contribution is 2.52. The molecule has 0 N–H and O–H groups in total. The molecule has 1 heteroatoms. The van der Waals surface area contributed by atoms with Crippen molar-refractivity contribution in [2.45, 2.75) is 183 Å². The van der Waals surface area contributed by atoms with Crippen LogP contribution in [0.4, 0.5) is 0 Å². The van der Waals surface area contributed by atoms with Crippen LogP contribution < -0.4 is 0 Å². The normalized spacial score (nSPS) is 14.7. The van der Waals surface area contributed by atoms with Gasteiger partial charge in [0.25, 0.3) is 0 Å². The van der Waals surface area contributed by atoms with E-state index in [9.17, 15) is 0 Å². The largest absolute Gasteiger partial charge is 0.252 e. The molecule has 0 spiro atoms. The Morgan fingerprint density at radius 1 is 0.364 bits per heavy atom. The third-order valence-electron chi connectivity index (χ3n) is 16.0. The first kappa shape index (κ1) is 58.4. The van der Waals surface area contributed by atoms with Crippen LogP contribution in [-0.2, 0) is 32.5 Å². The Kier molecular flexibility index (Phi) is 17.1. The highest BCUT2D eigenvalue weighted by Gasteiger charge is 2.38. The molecule has 9 aromatic rings. The Balaban J connectivity index is 0.000000140. The van der Waals surface area contributed by atoms with Crippen molar-refractivity contribution in [3.63, 3.8) is 0 Å². The number of fused-ring (bicyclic) bond motifs is 7.